The number of methoxy groups -OCH3 is 1. The third-order valence-electron chi connectivity index (χ3n) is 5.02. The van der Waals surface area contributed by atoms with Crippen molar-refractivity contribution in [3.63, 3.8) is 0 Å². The minimum Gasteiger partial charge on any atom is -0.496 e. The van der Waals surface area contributed by atoms with Crippen LogP contribution in [0.5, 0.6) is 5.75 Å². The Morgan fingerprint density at radius 2 is 2.16 bits per heavy atom. The van der Waals surface area contributed by atoms with Crippen molar-refractivity contribution in [2.24, 2.45) is 0 Å². The first-order chi connectivity index (χ1) is 12.3. The largest absolute Gasteiger partial charge is 0.496 e. The summed E-state index contributed by atoms with van der Waals surface area (Å²) in [6.45, 7) is 1.98. The number of rotatable bonds is 5. The number of hydrogen-bond acceptors (Lipinski definition) is 5. The second kappa shape index (κ2) is 5.74. The summed E-state index contributed by atoms with van der Waals surface area (Å²) in [5.41, 5.74) is 4.09. The molecule has 1 aliphatic carbocycles. The van der Waals surface area contributed by atoms with Gasteiger partial charge in [0.25, 0.3) is 0 Å². The van der Waals surface area contributed by atoms with E-state index in [1.54, 1.807) is 7.11 Å². The summed E-state index contributed by atoms with van der Waals surface area (Å²) in [4.78, 5) is 9.34. The molecule has 2 N–H and O–H groups in total. The number of nitrogens with one attached hydrogen (secondary N) is 2. The van der Waals surface area contributed by atoms with Crippen LogP contribution in [0.15, 0.2) is 36.7 Å². The van der Waals surface area contributed by atoms with Crippen LogP contribution in [0.2, 0.25) is 0 Å². The number of hydrogen-bond donors (Lipinski definition) is 2. The van der Waals surface area contributed by atoms with E-state index in [1.807, 2.05) is 30.5 Å². The molecular formula is C19H21N5O. The lowest BCUT2D eigenvalue weighted by molar-refractivity contribution is 0.409. The third kappa shape index (κ3) is 2.62. The summed E-state index contributed by atoms with van der Waals surface area (Å²) >= 11 is 0. The standard InChI is InChI=1S/C19H21N5O/c1-25-17-7-19-21-10-16(24(19)11-14(17)12-5-6-12)15-3-2-4-18(23-15)22-13-8-20-9-13/h2-4,7,10-13,20H,5-6,8-9H2,1H3,(H,22,23). The summed E-state index contributed by atoms with van der Waals surface area (Å²) in [5, 5.41) is 6.73. The van der Waals surface area contributed by atoms with Gasteiger partial charge in [-0.05, 0) is 30.9 Å². The van der Waals surface area contributed by atoms with E-state index in [2.05, 4.69) is 26.2 Å². The molecule has 25 heavy (non-hydrogen) atoms. The smallest absolute Gasteiger partial charge is 0.140 e. The second-order valence-electron chi connectivity index (χ2n) is 6.85. The van der Waals surface area contributed by atoms with Crippen LogP contribution in [0.1, 0.15) is 24.3 Å². The maximum absolute atomic E-state index is 5.57. The first kappa shape index (κ1) is 14.7. The zero-order valence-electron chi connectivity index (χ0n) is 14.2. The van der Waals surface area contributed by atoms with Crippen molar-refractivity contribution >= 4 is 11.5 Å². The van der Waals surface area contributed by atoms with Gasteiger partial charge >= 0.3 is 0 Å². The third-order valence-corrected chi connectivity index (χ3v) is 5.02. The number of imidazole rings is 1. The Hall–Kier alpha value is -2.60. The van der Waals surface area contributed by atoms with Crippen LogP contribution in [0.4, 0.5) is 5.82 Å². The van der Waals surface area contributed by atoms with Gasteiger partial charge in [-0.2, -0.15) is 0 Å². The fourth-order valence-electron chi connectivity index (χ4n) is 3.35. The quantitative estimate of drug-likeness (QED) is 0.750. The van der Waals surface area contributed by atoms with E-state index in [4.69, 9.17) is 9.72 Å². The zero-order valence-corrected chi connectivity index (χ0v) is 14.2. The molecular weight excluding hydrogens is 314 g/mol. The van der Waals surface area contributed by atoms with Crippen LogP contribution in [0.3, 0.4) is 0 Å². The number of fused-ring (bicyclic) bond motifs is 1. The minimum atomic E-state index is 0.468. The SMILES string of the molecule is COc1cc2ncc(-c3cccc(NC4CNC4)n3)n2cc1C1CC1. The molecule has 4 heterocycles. The molecule has 0 unspecified atom stereocenters. The molecule has 0 spiro atoms. The van der Waals surface area contributed by atoms with Gasteiger partial charge in [-0.3, -0.25) is 4.40 Å². The van der Waals surface area contributed by atoms with Crippen LogP contribution in [-0.4, -0.2) is 40.6 Å². The van der Waals surface area contributed by atoms with Gasteiger partial charge < -0.3 is 15.4 Å². The van der Waals surface area contributed by atoms with Gasteiger partial charge in [0, 0.05) is 30.9 Å². The van der Waals surface area contributed by atoms with Crippen molar-refractivity contribution < 1.29 is 4.74 Å². The van der Waals surface area contributed by atoms with E-state index in [0.29, 0.717) is 12.0 Å². The lowest BCUT2D eigenvalue weighted by Gasteiger charge is -2.28. The lowest BCUT2D eigenvalue weighted by Crippen LogP contribution is -2.51. The molecule has 1 aliphatic heterocycles. The highest BCUT2D eigenvalue weighted by Gasteiger charge is 2.28. The predicted octanol–water partition coefficient (Wildman–Crippen LogP) is 2.67. The minimum absolute atomic E-state index is 0.468. The summed E-state index contributed by atoms with van der Waals surface area (Å²) in [6, 6.07) is 8.59. The van der Waals surface area contributed by atoms with Gasteiger partial charge in [0.05, 0.1) is 30.7 Å². The van der Waals surface area contributed by atoms with Gasteiger partial charge in [-0.15, -0.1) is 0 Å². The molecule has 0 aromatic carbocycles. The van der Waals surface area contributed by atoms with Gasteiger partial charge in [-0.25, -0.2) is 9.97 Å². The predicted molar refractivity (Wildman–Crippen MR) is 97.2 cm³/mol. The second-order valence-corrected chi connectivity index (χ2v) is 6.85. The first-order valence-electron chi connectivity index (χ1n) is 8.81. The molecule has 2 fully saturated rings. The van der Waals surface area contributed by atoms with Crippen LogP contribution < -0.4 is 15.4 Å². The molecule has 3 aromatic rings. The van der Waals surface area contributed by atoms with Crippen LogP contribution in [-0.2, 0) is 0 Å². The summed E-state index contributed by atoms with van der Waals surface area (Å²) in [7, 11) is 1.73. The Balaban J connectivity index is 1.56. The van der Waals surface area contributed by atoms with E-state index >= 15 is 0 Å². The monoisotopic (exact) mass is 335 g/mol. The normalized spacial score (nSPS) is 17.5. The van der Waals surface area contributed by atoms with Crippen molar-refractivity contribution in [1.82, 2.24) is 19.7 Å². The Kier molecular flexibility index (Phi) is 3.38. The molecule has 6 heteroatoms. The molecule has 0 radical (unpaired) electrons. The Labute approximate surface area is 146 Å². The molecule has 0 bridgehead atoms. The highest BCUT2D eigenvalue weighted by molar-refractivity contribution is 5.64. The number of aromatic nitrogens is 3. The number of ether oxygens (including phenoxy) is 1. The fourth-order valence-corrected chi connectivity index (χ4v) is 3.35. The van der Waals surface area contributed by atoms with E-state index in [9.17, 15) is 0 Å². The summed E-state index contributed by atoms with van der Waals surface area (Å²) < 4.78 is 7.70. The number of nitrogens with zero attached hydrogens (tertiary/aromatic N) is 3. The Morgan fingerprint density at radius 3 is 2.88 bits per heavy atom. The van der Waals surface area contributed by atoms with Crippen LogP contribution in [0, 0.1) is 0 Å². The molecule has 1 saturated heterocycles. The molecule has 3 aromatic heterocycles. The van der Waals surface area contributed by atoms with Crippen molar-refractivity contribution in [2.75, 3.05) is 25.5 Å². The van der Waals surface area contributed by atoms with E-state index < -0.39 is 0 Å². The van der Waals surface area contributed by atoms with Crippen molar-refractivity contribution in [3.8, 4) is 17.1 Å². The highest BCUT2D eigenvalue weighted by atomic mass is 16.5. The molecule has 5 rings (SSSR count). The van der Waals surface area contributed by atoms with Gasteiger partial charge in [0.2, 0.25) is 0 Å². The Bertz CT molecular complexity index is 927. The van der Waals surface area contributed by atoms with E-state index in [1.165, 1.54) is 18.4 Å². The first-order valence-corrected chi connectivity index (χ1v) is 8.81. The summed E-state index contributed by atoms with van der Waals surface area (Å²) in [5.74, 6) is 2.46. The van der Waals surface area contributed by atoms with E-state index in [-0.39, 0.29) is 0 Å². The van der Waals surface area contributed by atoms with Crippen molar-refractivity contribution in [1.29, 1.82) is 0 Å². The lowest BCUT2D eigenvalue weighted by atomic mass is 10.1. The molecule has 6 nitrogen and oxygen atoms in total. The topological polar surface area (TPSA) is 63.5 Å². The maximum atomic E-state index is 5.57. The zero-order chi connectivity index (χ0) is 16.8. The molecule has 0 amide bonds. The average Bonchev–Trinajstić information content (AvgIpc) is 3.37. The van der Waals surface area contributed by atoms with Crippen LogP contribution >= 0.6 is 0 Å². The number of pyridine rings is 2. The van der Waals surface area contributed by atoms with Crippen molar-refractivity contribution in [3.05, 3.63) is 42.2 Å². The van der Waals surface area contributed by atoms with Crippen LogP contribution in [0.25, 0.3) is 17.0 Å². The molecule has 0 atom stereocenters. The maximum Gasteiger partial charge on any atom is 0.140 e. The van der Waals surface area contributed by atoms with E-state index in [0.717, 1.165) is 41.7 Å². The van der Waals surface area contributed by atoms with Crippen molar-refractivity contribution in [2.45, 2.75) is 24.8 Å². The van der Waals surface area contributed by atoms with Gasteiger partial charge in [-0.1, -0.05) is 6.07 Å². The van der Waals surface area contributed by atoms with Gasteiger partial charge in [0.15, 0.2) is 0 Å². The molecule has 1 saturated carbocycles. The molecule has 128 valence electrons. The fraction of sp³-hybridized carbons (Fsp3) is 0.368. The molecule has 2 aliphatic rings. The average molecular weight is 335 g/mol. The number of anilines is 1. The Morgan fingerprint density at radius 1 is 1.28 bits per heavy atom. The summed E-state index contributed by atoms with van der Waals surface area (Å²) in [6.07, 6.45) is 6.53. The highest BCUT2D eigenvalue weighted by Crippen LogP contribution is 2.44. The van der Waals surface area contributed by atoms with Gasteiger partial charge in [0.1, 0.15) is 17.2 Å².